The zero-order chi connectivity index (χ0) is 23.4. The van der Waals surface area contributed by atoms with Gasteiger partial charge in [-0.1, -0.05) is 29.8 Å². The third-order valence-electron chi connectivity index (χ3n) is 5.75. The molecule has 1 aliphatic heterocycles. The number of benzene rings is 2. The molecule has 2 aromatic rings. The quantitative estimate of drug-likeness (QED) is 0.335. The first kappa shape index (κ1) is 23.6. The average Bonchev–Trinajstić information content (AvgIpc) is 2.77. The maximum atomic E-state index is 12.4. The van der Waals surface area contributed by atoms with E-state index in [2.05, 4.69) is 18.3 Å². The van der Waals surface area contributed by atoms with Crippen LogP contribution in [0, 0.1) is 0 Å². The molecule has 2 atom stereocenters. The van der Waals surface area contributed by atoms with E-state index in [0.717, 1.165) is 34.5 Å². The lowest BCUT2D eigenvalue weighted by Crippen LogP contribution is -2.43. The van der Waals surface area contributed by atoms with Gasteiger partial charge in [-0.25, -0.2) is 4.79 Å². The van der Waals surface area contributed by atoms with Gasteiger partial charge in [0.05, 0.1) is 13.2 Å². The van der Waals surface area contributed by atoms with Crippen LogP contribution in [0.2, 0.25) is 5.02 Å². The Morgan fingerprint density at radius 1 is 1.09 bits per heavy atom. The Morgan fingerprint density at radius 2 is 1.78 bits per heavy atom. The summed E-state index contributed by atoms with van der Waals surface area (Å²) in [6.07, 6.45) is 4.45. The van der Waals surface area contributed by atoms with E-state index >= 15 is 0 Å². The van der Waals surface area contributed by atoms with Crippen molar-refractivity contribution in [1.82, 2.24) is 0 Å². The average molecular weight is 453 g/mol. The van der Waals surface area contributed by atoms with Crippen molar-refractivity contribution < 1.29 is 14.3 Å². The summed E-state index contributed by atoms with van der Waals surface area (Å²) in [6.45, 7) is 7.40. The molecule has 0 spiro atoms. The lowest BCUT2D eigenvalue weighted by atomic mass is 9.89. The van der Waals surface area contributed by atoms with Crippen LogP contribution in [0.5, 0.6) is 0 Å². The Hall–Kier alpha value is -3.05. The van der Waals surface area contributed by atoms with Crippen LogP contribution < -0.4 is 10.2 Å². The van der Waals surface area contributed by atoms with E-state index in [-0.39, 0.29) is 24.0 Å². The van der Waals surface area contributed by atoms with Crippen LogP contribution in [-0.2, 0) is 14.3 Å². The minimum Gasteiger partial charge on any atom is -0.466 e. The van der Waals surface area contributed by atoms with E-state index in [0.29, 0.717) is 10.6 Å². The molecule has 6 heteroatoms. The van der Waals surface area contributed by atoms with Gasteiger partial charge < -0.3 is 15.0 Å². The molecule has 5 nitrogen and oxygen atoms in total. The maximum Gasteiger partial charge on any atom is 0.333 e. The predicted molar refractivity (Wildman–Crippen MR) is 131 cm³/mol. The van der Waals surface area contributed by atoms with Gasteiger partial charge in [-0.05, 0) is 80.3 Å². The molecule has 168 valence electrons. The summed E-state index contributed by atoms with van der Waals surface area (Å²) in [4.78, 5) is 25.9. The Balaban J connectivity index is 2.00. The van der Waals surface area contributed by atoms with Crippen molar-refractivity contribution in [1.29, 1.82) is 0 Å². The van der Waals surface area contributed by atoms with E-state index in [4.69, 9.17) is 16.3 Å². The van der Waals surface area contributed by atoms with Gasteiger partial charge in [0.2, 0.25) is 5.91 Å². The number of allylic oxidation sites excluding steroid dienone is 3. The molecule has 0 saturated carbocycles. The van der Waals surface area contributed by atoms with E-state index in [1.54, 1.807) is 19.9 Å². The smallest absolute Gasteiger partial charge is 0.333 e. The topological polar surface area (TPSA) is 58.6 Å². The van der Waals surface area contributed by atoms with Gasteiger partial charge in [0, 0.05) is 34.9 Å². The number of amides is 1. The van der Waals surface area contributed by atoms with Crippen LogP contribution in [-0.4, -0.2) is 25.0 Å². The molecule has 1 aliphatic rings. The highest BCUT2D eigenvalue weighted by atomic mass is 35.5. The zero-order valence-electron chi connectivity index (χ0n) is 19.1. The van der Waals surface area contributed by atoms with Gasteiger partial charge in [-0.3, -0.25) is 4.79 Å². The Labute approximate surface area is 194 Å². The van der Waals surface area contributed by atoms with Gasteiger partial charge in [0.15, 0.2) is 0 Å². The summed E-state index contributed by atoms with van der Waals surface area (Å²) in [6, 6.07) is 13.9. The molecule has 32 heavy (non-hydrogen) atoms. The van der Waals surface area contributed by atoms with Gasteiger partial charge >= 0.3 is 5.97 Å². The number of nitrogens with zero attached hydrogens (tertiary/aromatic N) is 1. The standard InChI is InChI=1S/C26H29ClN2O3/c1-16(6-7-17(2)26(31)32-5)20-8-13-25-23(15-20)24(14-18(3)29(25)19(4)30)28-22-11-9-21(27)10-12-22/h6-13,15,18,24,28H,14H2,1-5H3. The fourth-order valence-corrected chi connectivity index (χ4v) is 4.17. The monoisotopic (exact) mass is 452 g/mol. The summed E-state index contributed by atoms with van der Waals surface area (Å²) in [5.74, 6) is -0.321. The van der Waals surface area contributed by atoms with Gasteiger partial charge in [0.1, 0.15) is 0 Å². The van der Waals surface area contributed by atoms with Crippen LogP contribution in [0.25, 0.3) is 5.57 Å². The van der Waals surface area contributed by atoms with Crippen molar-refractivity contribution in [3.8, 4) is 0 Å². The number of methoxy groups -OCH3 is 1. The summed E-state index contributed by atoms with van der Waals surface area (Å²) < 4.78 is 4.76. The number of nitrogens with one attached hydrogen (secondary N) is 1. The summed E-state index contributed by atoms with van der Waals surface area (Å²) in [7, 11) is 1.37. The molecule has 0 saturated heterocycles. The molecular formula is C26H29ClN2O3. The molecule has 0 radical (unpaired) electrons. The number of carbonyl (C=O) groups is 2. The molecule has 1 heterocycles. The van der Waals surface area contributed by atoms with Crippen LogP contribution in [0.1, 0.15) is 51.3 Å². The third-order valence-corrected chi connectivity index (χ3v) is 6.00. The number of hydrogen-bond acceptors (Lipinski definition) is 4. The van der Waals surface area contributed by atoms with Gasteiger partial charge in [0.25, 0.3) is 0 Å². The number of carbonyl (C=O) groups excluding carboxylic acids is 2. The van der Waals surface area contributed by atoms with Crippen LogP contribution in [0.3, 0.4) is 0 Å². The highest BCUT2D eigenvalue weighted by Gasteiger charge is 2.32. The molecule has 3 rings (SSSR count). The summed E-state index contributed by atoms with van der Waals surface area (Å²) in [5, 5.41) is 4.29. The number of halogens is 1. The van der Waals surface area contributed by atoms with Crippen molar-refractivity contribution in [2.75, 3.05) is 17.3 Å². The van der Waals surface area contributed by atoms with Crippen molar-refractivity contribution in [2.24, 2.45) is 0 Å². The van der Waals surface area contributed by atoms with Crippen molar-refractivity contribution in [3.05, 3.63) is 76.3 Å². The second-order valence-corrected chi connectivity index (χ2v) is 8.58. The van der Waals surface area contributed by atoms with Crippen LogP contribution >= 0.6 is 11.6 Å². The van der Waals surface area contributed by atoms with Crippen LogP contribution in [0.15, 0.2) is 60.2 Å². The highest BCUT2D eigenvalue weighted by molar-refractivity contribution is 6.30. The minimum absolute atomic E-state index is 0.0281. The number of fused-ring (bicyclic) bond motifs is 1. The first-order valence-corrected chi connectivity index (χ1v) is 11.0. The van der Waals surface area contributed by atoms with Crippen molar-refractivity contribution in [2.45, 2.75) is 46.2 Å². The Kier molecular flexibility index (Phi) is 7.41. The van der Waals surface area contributed by atoms with E-state index in [9.17, 15) is 9.59 Å². The number of rotatable bonds is 5. The van der Waals surface area contributed by atoms with E-state index in [1.807, 2.05) is 54.3 Å². The molecule has 1 N–H and O–H groups in total. The van der Waals surface area contributed by atoms with Crippen LogP contribution in [0.4, 0.5) is 11.4 Å². The molecule has 0 aliphatic carbocycles. The van der Waals surface area contributed by atoms with Gasteiger partial charge in [-0.15, -0.1) is 0 Å². The SMILES string of the molecule is COC(=O)C(C)=CC=C(C)c1ccc2c(c1)C(Nc1ccc(Cl)cc1)CC(C)N2C(C)=O. The first-order valence-electron chi connectivity index (χ1n) is 10.6. The number of hydrogen-bond donors (Lipinski definition) is 1. The van der Waals surface area contributed by atoms with E-state index in [1.165, 1.54) is 7.11 Å². The number of ether oxygens (including phenoxy) is 1. The third kappa shape index (κ3) is 5.22. The fourth-order valence-electron chi connectivity index (χ4n) is 4.05. The zero-order valence-corrected chi connectivity index (χ0v) is 19.9. The second-order valence-electron chi connectivity index (χ2n) is 8.14. The molecule has 0 aromatic heterocycles. The molecule has 2 aromatic carbocycles. The van der Waals surface area contributed by atoms with Gasteiger partial charge in [-0.2, -0.15) is 0 Å². The normalized spacial score (nSPS) is 18.8. The largest absolute Gasteiger partial charge is 0.466 e. The summed E-state index contributed by atoms with van der Waals surface area (Å²) in [5.41, 5.74) is 5.52. The number of anilines is 2. The van der Waals surface area contributed by atoms with Crippen molar-refractivity contribution in [3.63, 3.8) is 0 Å². The molecular weight excluding hydrogens is 424 g/mol. The molecule has 0 fully saturated rings. The van der Waals surface area contributed by atoms with Crippen molar-refractivity contribution >= 4 is 40.4 Å². The molecule has 0 bridgehead atoms. The lowest BCUT2D eigenvalue weighted by molar-refractivity contribution is -0.136. The number of esters is 1. The lowest BCUT2D eigenvalue weighted by Gasteiger charge is -2.39. The Morgan fingerprint density at radius 3 is 2.41 bits per heavy atom. The Bertz CT molecular complexity index is 1070. The fraction of sp³-hybridized carbons (Fsp3) is 0.308. The van der Waals surface area contributed by atoms with E-state index < -0.39 is 0 Å². The minimum atomic E-state index is -0.349. The highest BCUT2D eigenvalue weighted by Crippen LogP contribution is 2.40. The predicted octanol–water partition coefficient (Wildman–Crippen LogP) is 6.16. The maximum absolute atomic E-state index is 12.4. The summed E-state index contributed by atoms with van der Waals surface area (Å²) >= 11 is 6.04. The first-order chi connectivity index (χ1) is 15.2. The molecule has 2 unspecified atom stereocenters. The molecule has 1 amide bonds. The second kappa shape index (κ2) is 10.0.